The van der Waals surface area contributed by atoms with Crippen molar-refractivity contribution in [3.8, 4) is 16.9 Å². The number of hydrogen-bond acceptors (Lipinski definition) is 1. The fraction of sp³-hybridized carbons (Fsp3) is 0. The molecule has 7 aromatic rings. The second-order valence-electron chi connectivity index (χ2n) is 7.73. The average molecular weight is 383 g/mol. The normalized spacial score (nSPS) is 12.0. The zero-order valence-corrected chi connectivity index (χ0v) is 16.2. The van der Waals surface area contributed by atoms with Gasteiger partial charge in [-0.25, -0.2) is 0 Å². The lowest BCUT2D eigenvalue weighted by molar-refractivity contribution is 1.17. The van der Waals surface area contributed by atoms with Gasteiger partial charge in [0, 0.05) is 28.0 Å². The molecule has 4 heterocycles. The molecule has 0 aliphatic rings. The van der Waals surface area contributed by atoms with E-state index in [1.807, 2.05) is 12.4 Å². The van der Waals surface area contributed by atoms with Crippen LogP contribution >= 0.6 is 0 Å². The summed E-state index contributed by atoms with van der Waals surface area (Å²) < 4.78 is 4.72. The zero-order chi connectivity index (χ0) is 19.7. The van der Waals surface area contributed by atoms with Crippen LogP contribution in [0, 0.1) is 0 Å². The SMILES string of the molecule is c1ccc(-c2ccc3c4cncc5c4c4c(cccc4n23)n5-c2ccccc2)cc1. The van der Waals surface area contributed by atoms with E-state index < -0.39 is 0 Å². The van der Waals surface area contributed by atoms with E-state index in [-0.39, 0.29) is 0 Å². The monoisotopic (exact) mass is 383 g/mol. The minimum Gasteiger partial charge on any atom is -0.309 e. The molecular formula is C27H17N3. The van der Waals surface area contributed by atoms with Crippen molar-refractivity contribution >= 4 is 38.2 Å². The lowest BCUT2D eigenvalue weighted by atomic mass is 10.1. The first-order valence-corrected chi connectivity index (χ1v) is 10.2. The molecule has 0 saturated heterocycles. The largest absolute Gasteiger partial charge is 0.309 e. The highest BCUT2D eigenvalue weighted by Gasteiger charge is 2.21. The zero-order valence-electron chi connectivity index (χ0n) is 16.2. The number of nitrogens with zero attached hydrogens (tertiary/aromatic N) is 3. The number of hydrogen-bond donors (Lipinski definition) is 0. The maximum absolute atomic E-state index is 4.64. The summed E-state index contributed by atoms with van der Waals surface area (Å²) in [6.07, 6.45) is 4.00. The first-order valence-electron chi connectivity index (χ1n) is 10.2. The molecule has 3 aromatic carbocycles. The quantitative estimate of drug-likeness (QED) is 0.305. The molecule has 0 aliphatic heterocycles. The number of benzene rings is 3. The molecule has 0 saturated carbocycles. The first-order chi connectivity index (χ1) is 14.9. The summed E-state index contributed by atoms with van der Waals surface area (Å²) in [5.74, 6) is 0. The van der Waals surface area contributed by atoms with Gasteiger partial charge < -0.3 is 8.97 Å². The van der Waals surface area contributed by atoms with Crippen molar-refractivity contribution < 1.29 is 0 Å². The van der Waals surface area contributed by atoms with Crippen molar-refractivity contribution in [1.82, 2.24) is 14.0 Å². The van der Waals surface area contributed by atoms with E-state index in [1.54, 1.807) is 0 Å². The Morgan fingerprint density at radius 1 is 0.533 bits per heavy atom. The Hall–Kier alpha value is -4.11. The van der Waals surface area contributed by atoms with E-state index in [0.717, 1.165) is 11.2 Å². The second-order valence-corrected chi connectivity index (χ2v) is 7.73. The van der Waals surface area contributed by atoms with Gasteiger partial charge >= 0.3 is 0 Å². The summed E-state index contributed by atoms with van der Waals surface area (Å²) in [4.78, 5) is 4.64. The van der Waals surface area contributed by atoms with Gasteiger partial charge in [0.1, 0.15) is 0 Å². The predicted octanol–water partition coefficient (Wildman–Crippen LogP) is 6.69. The maximum atomic E-state index is 4.64. The number of pyridine rings is 2. The Kier molecular flexibility index (Phi) is 3.00. The third kappa shape index (κ3) is 1.91. The molecule has 0 aliphatic carbocycles. The molecule has 0 radical (unpaired) electrons. The Morgan fingerprint density at radius 2 is 1.30 bits per heavy atom. The molecule has 30 heavy (non-hydrogen) atoms. The maximum Gasteiger partial charge on any atom is 0.0732 e. The molecule has 140 valence electrons. The fourth-order valence-electron chi connectivity index (χ4n) is 4.96. The fourth-order valence-corrected chi connectivity index (χ4v) is 4.96. The third-order valence-electron chi connectivity index (χ3n) is 6.16. The highest BCUT2D eigenvalue weighted by molar-refractivity contribution is 6.26. The average Bonchev–Trinajstić information content (AvgIpc) is 3.40. The smallest absolute Gasteiger partial charge is 0.0732 e. The van der Waals surface area contributed by atoms with Gasteiger partial charge in [-0.3, -0.25) is 4.98 Å². The summed E-state index contributed by atoms with van der Waals surface area (Å²) >= 11 is 0. The minimum atomic E-state index is 1.15. The summed E-state index contributed by atoms with van der Waals surface area (Å²) in [7, 11) is 0. The molecule has 0 amide bonds. The van der Waals surface area contributed by atoms with E-state index in [9.17, 15) is 0 Å². The summed E-state index contributed by atoms with van der Waals surface area (Å²) in [6, 6.07) is 32.2. The van der Waals surface area contributed by atoms with Crippen molar-refractivity contribution in [3.05, 3.63) is 103 Å². The topological polar surface area (TPSA) is 22.2 Å². The molecule has 3 heteroatoms. The summed E-state index contributed by atoms with van der Waals surface area (Å²) in [5, 5.41) is 3.76. The molecule has 0 N–H and O–H groups in total. The van der Waals surface area contributed by atoms with Crippen LogP contribution in [0.5, 0.6) is 0 Å². The molecule has 0 spiro atoms. The van der Waals surface area contributed by atoms with Crippen LogP contribution in [0.4, 0.5) is 0 Å². The lowest BCUT2D eigenvalue weighted by Gasteiger charge is -2.10. The van der Waals surface area contributed by atoms with Gasteiger partial charge in [0.15, 0.2) is 0 Å². The molecule has 7 rings (SSSR count). The Morgan fingerprint density at radius 3 is 2.13 bits per heavy atom. The Balaban J connectivity index is 1.74. The Bertz CT molecular complexity index is 1670. The minimum absolute atomic E-state index is 1.15. The second kappa shape index (κ2) is 5.71. The van der Waals surface area contributed by atoms with Crippen LogP contribution in [0.25, 0.3) is 55.2 Å². The van der Waals surface area contributed by atoms with Crippen LogP contribution in [0.1, 0.15) is 0 Å². The van der Waals surface area contributed by atoms with Crippen LogP contribution in [-0.2, 0) is 0 Å². The van der Waals surface area contributed by atoms with Gasteiger partial charge in [-0.2, -0.15) is 0 Å². The highest BCUT2D eigenvalue weighted by Crippen LogP contribution is 2.41. The van der Waals surface area contributed by atoms with Crippen molar-refractivity contribution in [1.29, 1.82) is 0 Å². The molecule has 0 unspecified atom stereocenters. The number of para-hydroxylation sites is 1. The molecule has 0 bridgehead atoms. The van der Waals surface area contributed by atoms with Crippen LogP contribution in [0.2, 0.25) is 0 Å². The van der Waals surface area contributed by atoms with E-state index >= 15 is 0 Å². The molecule has 3 nitrogen and oxygen atoms in total. The van der Waals surface area contributed by atoms with Gasteiger partial charge in [-0.05, 0) is 42.0 Å². The van der Waals surface area contributed by atoms with Gasteiger partial charge in [0.05, 0.1) is 34.0 Å². The van der Waals surface area contributed by atoms with Crippen LogP contribution in [0.3, 0.4) is 0 Å². The summed E-state index contributed by atoms with van der Waals surface area (Å²) in [6.45, 7) is 0. The molecular weight excluding hydrogens is 366 g/mol. The predicted molar refractivity (Wildman–Crippen MR) is 124 cm³/mol. The van der Waals surface area contributed by atoms with Crippen molar-refractivity contribution in [3.63, 3.8) is 0 Å². The van der Waals surface area contributed by atoms with Gasteiger partial charge in [0.25, 0.3) is 0 Å². The van der Waals surface area contributed by atoms with Crippen molar-refractivity contribution in [2.75, 3.05) is 0 Å². The Labute approximate surface area is 172 Å². The van der Waals surface area contributed by atoms with Crippen LogP contribution in [0.15, 0.2) is 103 Å². The van der Waals surface area contributed by atoms with Crippen molar-refractivity contribution in [2.24, 2.45) is 0 Å². The van der Waals surface area contributed by atoms with Gasteiger partial charge in [-0.1, -0.05) is 54.6 Å². The number of aromatic nitrogens is 3. The van der Waals surface area contributed by atoms with E-state index in [4.69, 9.17) is 0 Å². The molecule has 0 atom stereocenters. The van der Waals surface area contributed by atoms with E-state index in [1.165, 1.54) is 44.0 Å². The van der Waals surface area contributed by atoms with Crippen LogP contribution in [-0.4, -0.2) is 14.0 Å². The van der Waals surface area contributed by atoms with Gasteiger partial charge in [0.2, 0.25) is 0 Å². The first kappa shape index (κ1) is 15.8. The standard InChI is InChI=1S/C27H17N3/c1-3-8-18(9-4-1)21-14-15-22-20-16-28-17-25-26(20)27-23(12-7-13-24(27)30(21)22)29(25)19-10-5-2-6-11-19/h1-17H. The highest BCUT2D eigenvalue weighted by atomic mass is 15.0. The molecule has 4 aromatic heterocycles. The number of fused-ring (bicyclic) bond motifs is 3. The third-order valence-corrected chi connectivity index (χ3v) is 6.16. The molecule has 0 fully saturated rings. The van der Waals surface area contributed by atoms with Gasteiger partial charge in [-0.15, -0.1) is 0 Å². The van der Waals surface area contributed by atoms with E-state index in [2.05, 4.69) is 105 Å². The lowest BCUT2D eigenvalue weighted by Crippen LogP contribution is -1.93. The van der Waals surface area contributed by atoms with Crippen LogP contribution < -0.4 is 0 Å². The van der Waals surface area contributed by atoms with E-state index in [0.29, 0.717) is 0 Å². The summed E-state index contributed by atoms with van der Waals surface area (Å²) in [5.41, 5.74) is 8.35. The number of rotatable bonds is 2. The van der Waals surface area contributed by atoms with Crippen molar-refractivity contribution in [2.45, 2.75) is 0 Å².